The Labute approximate surface area is 177 Å². The Morgan fingerprint density at radius 3 is 2.07 bits per heavy atom. The predicted octanol–water partition coefficient (Wildman–Crippen LogP) is 5.33. The van der Waals surface area contributed by atoms with Crippen LogP contribution in [0.3, 0.4) is 0 Å². The van der Waals surface area contributed by atoms with Crippen LogP contribution in [0.2, 0.25) is 0 Å². The lowest BCUT2D eigenvalue weighted by Gasteiger charge is -2.27. The lowest BCUT2D eigenvalue weighted by atomic mass is 10.3. The first-order chi connectivity index (χ1) is 14.4. The molecular weight excluding hydrogens is 397 g/mol. The van der Waals surface area contributed by atoms with Gasteiger partial charge < -0.3 is 15.0 Å². The zero-order valence-electron chi connectivity index (χ0n) is 18.6. The number of hydrogen-bond donors (Lipinski definition) is 1. The van der Waals surface area contributed by atoms with E-state index in [2.05, 4.69) is 39.6 Å². The number of morpholine rings is 1. The molecular formula is C20H33F3N6O. The topological polar surface area (TPSA) is 76.1 Å². The molecule has 30 heavy (non-hydrogen) atoms. The standard InChI is InChI=1S/C13H13F3N6O.C3H8.2C2H6/c14-13(15,16)9-7-11(19-17-8-9)18-10-1-2-12(21-20-10)22-3-5-23-6-4-22;1-3-2;2*1-2/h1-2,7-8H,3-6H2,(H,18,19,20);3H2,1-2H3;2*1-2H3. The maximum Gasteiger partial charge on any atom is 0.418 e. The van der Waals surface area contributed by atoms with E-state index in [1.54, 1.807) is 12.1 Å². The second-order valence-corrected chi connectivity index (χ2v) is 5.54. The van der Waals surface area contributed by atoms with Crippen molar-refractivity contribution < 1.29 is 17.9 Å². The smallest absolute Gasteiger partial charge is 0.378 e. The number of nitrogens with zero attached hydrogens (tertiary/aromatic N) is 5. The highest BCUT2D eigenvalue weighted by atomic mass is 19.4. The molecule has 1 saturated heterocycles. The number of rotatable bonds is 3. The maximum absolute atomic E-state index is 12.6. The number of aromatic nitrogens is 4. The van der Waals surface area contributed by atoms with Crippen LogP contribution in [0, 0.1) is 0 Å². The molecule has 3 rings (SSSR count). The van der Waals surface area contributed by atoms with Crippen molar-refractivity contribution >= 4 is 17.5 Å². The molecule has 1 aliphatic rings. The summed E-state index contributed by atoms with van der Waals surface area (Å²) >= 11 is 0. The van der Waals surface area contributed by atoms with Crippen molar-refractivity contribution in [2.75, 3.05) is 36.5 Å². The number of ether oxygens (including phenoxy) is 1. The molecule has 170 valence electrons. The maximum atomic E-state index is 12.6. The average molecular weight is 431 g/mol. The summed E-state index contributed by atoms with van der Waals surface area (Å²) in [6, 6.07) is 4.23. The van der Waals surface area contributed by atoms with Crippen molar-refractivity contribution in [3.05, 3.63) is 30.0 Å². The van der Waals surface area contributed by atoms with E-state index in [-0.39, 0.29) is 11.6 Å². The molecule has 1 N–H and O–H groups in total. The first kappa shape index (κ1) is 27.5. The van der Waals surface area contributed by atoms with Gasteiger partial charge in [-0.15, -0.1) is 15.3 Å². The van der Waals surface area contributed by atoms with Crippen LogP contribution >= 0.6 is 0 Å². The lowest BCUT2D eigenvalue weighted by Crippen LogP contribution is -2.36. The highest BCUT2D eigenvalue weighted by Gasteiger charge is 2.31. The van der Waals surface area contributed by atoms with Gasteiger partial charge in [0.25, 0.3) is 0 Å². The van der Waals surface area contributed by atoms with Crippen molar-refractivity contribution in [3.8, 4) is 0 Å². The Hall–Kier alpha value is -2.49. The Balaban J connectivity index is 0.00000108. The zero-order valence-corrected chi connectivity index (χ0v) is 18.6. The molecule has 0 bridgehead atoms. The molecule has 0 amide bonds. The zero-order chi connectivity index (χ0) is 23.0. The third kappa shape index (κ3) is 9.82. The van der Waals surface area contributed by atoms with E-state index in [1.165, 1.54) is 6.42 Å². The Morgan fingerprint density at radius 1 is 0.967 bits per heavy atom. The van der Waals surface area contributed by atoms with Crippen LogP contribution in [0.15, 0.2) is 24.4 Å². The molecule has 0 aliphatic carbocycles. The van der Waals surface area contributed by atoms with Crippen LogP contribution < -0.4 is 10.2 Å². The average Bonchev–Trinajstić information content (AvgIpc) is 2.78. The molecule has 10 heteroatoms. The Morgan fingerprint density at radius 2 is 1.57 bits per heavy atom. The van der Waals surface area contributed by atoms with Crippen LogP contribution in [0.5, 0.6) is 0 Å². The molecule has 0 saturated carbocycles. The second kappa shape index (κ2) is 15.4. The minimum absolute atomic E-state index is 0.0479. The molecule has 0 spiro atoms. The van der Waals surface area contributed by atoms with E-state index >= 15 is 0 Å². The van der Waals surface area contributed by atoms with Crippen LogP contribution in [0.4, 0.5) is 30.6 Å². The fourth-order valence-electron chi connectivity index (χ4n) is 2.07. The minimum atomic E-state index is -4.47. The fourth-order valence-corrected chi connectivity index (χ4v) is 2.07. The highest BCUT2D eigenvalue weighted by molar-refractivity contribution is 5.53. The molecule has 0 unspecified atom stereocenters. The number of alkyl halides is 3. The minimum Gasteiger partial charge on any atom is -0.378 e. The van der Waals surface area contributed by atoms with Gasteiger partial charge in [0.05, 0.1) is 25.0 Å². The molecule has 2 aromatic heterocycles. The number of nitrogens with one attached hydrogen (secondary N) is 1. The van der Waals surface area contributed by atoms with Gasteiger partial charge in [-0.25, -0.2) is 0 Å². The van der Waals surface area contributed by atoms with Crippen LogP contribution in [0.25, 0.3) is 0 Å². The SMILES string of the molecule is CC.CC.CCC.FC(F)(F)c1cnnc(Nc2ccc(N3CCOCC3)nn2)c1. The third-order valence-corrected chi connectivity index (χ3v) is 3.22. The third-order valence-electron chi connectivity index (χ3n) is 3.22. The first-order valence-electron chi connectivity index (χ1n) is 10.3. The van der Waals surface area contributed by atoms with Gasteiger partial charge >= 0.3 is 6.18 Å². The van der Waals surface area contributed by atoms with Crippen molar-refractivity contribution in [3.63, 3.8) is 0 Å². The Kier molecular flexibility index (Phi) is 14.1. The predicted molar refractivity (Wildman–Crippen MR) is 114 cm³/mol. The summed E-state index contributed by atoms with van der Waals surface area (Å²) in [6.07, 6.45) is -2.56. The van der Waals surface area contributed by atoms with E-state index in [9.17, 15) is 13.2 Å². The summed E-state index contributed by atoms with van der Waals surface area (Å²) in [6.45, 7) is 14.9. The summed E-state index contributed by atoms with van der Waals surface area (Å²) in [5.41, 5.74) is -0.882. The highest BCUT2D eigenvalue weighted by Crippen LogP contribution is 2.29. The van der Waals surface area contributed by atoms with Gasteiger partial charge in [-0.05, 0) is 18.2 Å². The largest absolute Gasteiger partial charge is 0.418 e. The van der Waals surface area contributed by atoms with E-state index in [1.807, 2.05) is 32.6 Å². The van der Waals surface area contributed by atoms with Crippen molar-refractivity contribution in [1.29, 1.82) is 0 Å². The van der Waals surface area contributed by atoms with E-state index in [4.69, 9.17) is 4.74 Å². The lowest BCUT2D eigenvalue weighted by molar-refractivity contribution is -0.137. The van der Waals surface area contributed by atoms with Crippen molar-refractivity contribution in [1.82, 2.24) is 20.4 Å². The molecule has 7 nitrogen and oxygen atoms in total. The summed E-state index contributed by atoms with van der Waals surface area (Å²) in [4.78, 5) is 2.02. The molecule has 2 aromatic rings. The van der Waals surface area contributed by atoms with Gasteiger partial charge in [-0.2, -0.15) is 18.3 Å². The number of anilines is 3. The quantitative estimate of drug-likeness (QED) is 0.705. The normalized spacial score (nSPS) is 12.9. The number of hydrogen-bond acceptors (Lipinski definition) is 7. The monoisotopic (exact) mass is 430 g/mol. The van der Waals surface area contributed by atoms with Gasteiger partial charge in [0.15, 0.2) is 17.5 Å². The van der Waals surface area contributed by atoms with Crippen LogP contribution in [-0.2, 0) is 10.9 Å². The molecule has 0 atom stereocenters. The molecule has 1 fully saturated rings. The Bertz CT molecular complexity index is 677. The van der Waals surface area contributed by atoms with Gasteiger partial charge in [-0.3, -0.25) is 0 Å². The molecule has 0 radical (unpaired) electrons. The number of halogens is 3. The molecule has 3 heterocycles. The second-order valence-electron chi connectivity index (χ2n) is 5.54. The summed E-state index contributed by atoms with van der Waals surface area (Å²) < 4.78 is 43.1. The van der Waals surface area contributed by atoms with Gasteiger partial charge in [0.1, 0.15) is 0 Å². The first-order valence-corrected chi connectivity index (χ1v) is 10.3. The van der Waals surface area contributed by atoms with Crippen molar-refractivity contribution in [2.45, 2.75) is 54.1 Å². The van der Waals surface area contributed by atoms with E-state index in [0.29, 0.717) is 25.2 Å². The van der Waals surface area contributed by atoms with Gasteiger partial charge in [0, 0.05) is 13.1 Å². The molecule has 1 aliphatic heterocycles. The van der Waals surface area contributed by atoms with E-state index < -0.39 is 11.7 Å². The molecule has 0 aromatic carbocycles. The van der Waals surface area contributed by atoms with Crippen LogP contribution in [-0.4, -0.2) is 46.7 Å². The van der Waals surface area contributed by atoms with Crippen molar-refractivity contribution in [2.24, 2.45) is 0 Å². The van der Waals surface area contributed by atoms with Gasteiger partial charge in [0.2, 0.25) is 0 Å². The summed E-state index contributed by atoms with van der Waals surface area (Å²) in [7, 11) is 0. The van der Waals surface area contributed by atoms with Gasteiger partial charge in [-0.1, -0.05) is 48.0 Å². The van der Waals surface area contributed by atoms with Crippen LogP contribution in [0.1, 0.15) is 53.5 Å². The van der Waals surface area contributed by atoms with E-state index in [0.717, 1.165) is 19.2 Å². The summed E-state index contributed by atoms with van der Waals surface area (Å²) in [5, 5.41) is 17.6. The fraction of sp³-hybridized carbons (Fsp3) is 0.600. The summed E-state index contributed by atoms with van der Waals surface area (Å²) in [5.74, 6) is 0.929.